The molecule has 0 unspecified atom stereocenters. The quantitative estimate of drug-likeness (QED) is 0.737. The Kier molecular flexibility index (Phi) is 2.47. The van der Waals surface area contributed by atoms with Crippen LogP contribution in [0.25, 0.3) is 6.08 Å². The Balaban J connectivity index is 2.27. The number of hydrogen-bond donors (Lipinski definition) is 1. The van der Waals surface area contributed by atoms with E-state index in [9.17, 15) is 14.7 Å². The fourth-order valence-corrected chi connectivity index (χ4v) is 1.82. The minimum absolute atomic E-state index is 0.0863. The molecule has 0 spiro atoms. The zero-order valence-electron chi connectivity index (χ0n) is 7.52. The van der Waals surface area contributed by atoms with Crippen molar-refractivity contribution in [3.8, 4) is 5.75 Å². The van der Waals surface area contributed by atoms with E-state index in [-0.39, 0.29) is 11.0 Å². The second-order valence-electron chi connectivity index (χ2n) is 2.92. The molecule has 1 aromatic carbocycles. The van der Waals surface area contributed by atoms with E-state index >= 15 is 0 Å². The van der Waals surface area contributed by atoms with E-state index in [4.69, 9.17) is 0 Å². The first kappa shape index (κ1) is 9.79. The smallest absolute Gasteiger partial charge is 0.290 e. The molecule has 1 saturated heterocycles. The molecule has 15 heavy (non-hydrogen) atoms. The first-order chi connectivity index (χ1) is 7.15. The second-order valence-corrected chi connectivity index (χ2v) is 3.94. The van der Waals surface area contributed by atoms with Crippen LogP contribution in [0.3, 0.4) is 0 Å². The summed E-state index contributed by atoms with van der Waals surface area (Å²) in [4.78, 5) is 22.4. The highest BCUT2D eigenvalue weighted by Crippen LogP contribution is 2.25. The van der Waals surface area contributed by atoms with Crippen LogP contribution in [0.1, 0.15) is 5.56 Å². The van der Waals surface area contributed by atoms with Crippen molar-refractivity contribution in [2.75, 3.05) is 0 Å². The molecule has 0 aromatic heterocycles. The maximum absolute atomic E-state index is 11.2. The minimum Gasteiger partial charge on any atom is -0.290 e. The van der Waals surface area contributed by atoms with Crippen molar-refractivity contribution in [1.29, 1.82) is 0 Å². The van der Waals surface area contributed by atoms with Crippen LogP contribution in [0, 0.1) is 0 Å². The Labute approximate surface area is 90.0 Å². The first-order valence-electron chi connectivity index (χ1n) is 4.17. The summed E-state index contributed by atoms with van der Waals surface area (Å²) >= 11 is 0.856. The highest BCUT2D eigenvalue weighted by molar-refractivity contribution is 8.18. The highest BCUT2D eigenvalue weighted by atomic mass is 32.2. The van der Waals surface area contributed by atoms with Gasteiger partial charge < -0.3 is 0 Å². The Morgan fingerprint density at radius 1 is 1.13 bits per heavy atom. The Bertz CT molecular complexity index is 450. The molecule has 1 N–H and O–H groups in total. The maximum atomic E-state index is 11.2. The number of thioether (sulfide) groups is 1. The molecule has 4 nitrogen and oxygen atoms in total. The van der Waals surface area contributed by atoms with Gasteiger partial charge in [-0.3, -0.25) is 20.0 Å². The van der Waals surface area contributed by atoms with Crippen molar-refractivity contribution in [2.45, 2.75) is 0 Å². The summed E-state index contributed by atoms with van der Waals surface area (Å²) in [6.45, 7) is 0. The van der Waals surface area contributed by atoms with Gasteiger partial charge in [-0.25, -0.2) is 0 Å². The lowest BCUT2D eigenvalue weighted by molar-refractivity contribution is -0.115. The van der Waals surface area contributed by atoms with E-state index in [0.717, 1.165) is 17.3 Å². The molecule has 1 heterocycles. The molecule has 0 saturated carbocycles. The van der Waals surface area contributed by atoms with Gasteiger partial charge in [0, 0.05) is 0 Å². The molecule has 2 amide bonds. The van der Waals surface area contributed by atoms with Crippen molar-refractivity contribution < 1.29 is 14.7 Å². The molecule has 2 rings (SSSR count). The fourth-order valence-electron chi connectivity index (χ4n) is 1.14. The Morgan fingerprint density at radius 3 is 2.33 bits per heavy atom. The van der Waals surface area contributed by atoms with Gasteiger partial charge in [0.1, 0.15) is 0 Å². The van der Waals surface area contributed by atoms with E-state index in [1.807, 2.05) is 0 Å². The second kappa shape index (κ2) is 3.78. The standard InChI is InChI=1S/C10H6NO3S/c12-7-3-1-6(2-4-7)5-8-9(13)11-10(14)15-8/h1-5H,(H,11,13,14). The van der Waals surface area contributed by atoms with E-state index in [1.54, 1.807) is 18.2 Å². The van der Waals surface area contributed by atoms with Crippen LogP contribution >= 0.6 is 11.8 Å². The van der Waals surface area contributed by atoms with Gasteiger partial charge in [0.2, 0.25) is 0 Å². The van der Waals surface area contributed by atoms with Crippen LogP contribution in [0.15, 0.2) is 29.2 Å². The number of carbonyl (C=O) groups excluding carboxylic acids is 2. The van der Waals surface area contributed by atoms with Gasteiger partial charge in [-0.15, -0.1) is 0 Å². The summed E-state index contributed by atoms with van der Waals surface area (Å²) in [5, 5.41) is 12.6. The largest absolute Gasteiger partial charge is 0.290 e. The van der Waals surface area contributed by atoms with Crippen molar-refractivity contribution in [1.82, 2.24) is 5.32 Å². The molecule has 0 aliphatic carbocycles. The van der Waals surface area contributed by atoms with E-state index in [0.29, 0.717) is 4.91 Å². The molecule has 1 radical (unpaired) electrons. The van der Waals surface area contributed by atoms with Crippen molar-refractivity contribution in [3.63, 3.8) is 0 Å². The number of carbonyl (C=O) groups is 2. The first-order valence-corrected chi connectivity index (χ1v) is 4.99. The summed E-state index contributed by atoms with van der Waals surface area (Å²) in [5.41, 5.74) is 0.724. The lowest BCUT2D eigenvalue weighted by atomic mass is 10.2. The molecule has 1 aromatic rings. The summed E-state index contributed by atoms with van der Waals surface area (Å²) in [5.74, 6) is -0.479. The summed E-state index contributed by atoms with van der Waals surface area (Å²) in [7, 11) is 0. The van der Waals surface area contributed by atoms with E-state index in [2.05, 4.69) is 5.32 Å². The third kappa shape index (κ3) is 2.19. The van der Waals surface area contributed by atoms with Crippen molar-refractivity contribution >= 4 is 29.0 Å². The summed E-state index contributed by atoms with van der Waals surface area (Å²) < 4.78 is 0. The third-order valence-corrected chi connectivity index (χ3v) is 2.63. The number of nitrogens with one attached hydrogen (secondary N) is 1. The predicted molar refractivity (Wildman–Crippen MR) is 55.7 cm³/mol. The van der Waals surface area contributed by atoms with Gasteiger partial charge in [-0.2, -0.15) is 0 Å². The monoisotopic (exact) mass is 220 g/mol. The number of imide groups is 1. The molecule has 1 fully saturated rings. The van der Waals surface area contributed by atoms with Crippen molar-refractivity contribution in [2.24, 2.45) is 0 Å². The normalized spacial score (nSPS) is 18.3. The number of amides is 2. The van der Waals surface area contributed by atoms with Gasteiger partial charge in [0.05, 0.1) is 4.91 Å². The highest BCUT2D eigenvalue weighted by Gasteiger charge is 2.24. The van der Waals surface area contributed by atoms with Gasteiger partial charge in [0.15, 0.2) is 5.75 Å². The SMILES string of the molecule is [O]c1ccc(C=C2SC(=O)NC2=O)cc1. The molecule has 1 aliphatic rings. The van der Waals surface area contributed by atoms with Crippen LogP contribution in [0.5, 0.6) is 5.75 Å². The van der Waals surface area contributed by atoms with Crippen LogP contribution in [0.4, 0.5) is 4.79 Å². The van der Waals surface area contributed by atoms with E-state index in [1.165, 1.54) is 12.1 Å². The van der Waals surface area contributed by atoms with Gasteiger partial charge in [-0.1, -0.05) is 12.1 Å². The average Bonchev–Trinajstić information content (AvgIpc) is 2.49. The molecular formula is C10H6NO3S. The predicted octanol–water partition coefficient (Wildman–Crippen LogP) is 2.15. The Morgan fingerprint density at radius 2 is 1.80 bits per heavy atom. The number of rotatable bonds is 1. The molecular weight excluding hydrogens is 214 g/mol. The molecule has 75 valence electrons. The number of benzene rings is 1. The van der Waals surface area contributed by atoms with Gasteiger partial charge in [0.25, 0.3) is 11.1 Å². The van der Waals surface area contributed by atoms with Crippen LogP contribution in [-0.4, -0.2) is 11.1 Å². The zero-order chi connectivity index (χ0) is 10.8. The minimum atomic E-state index is -0.392. The fraction of sp³-hybridized carbons (Fsp3) is 0. The molecule has 5 heteroatoms. The van der Waals surface area contributed by atoms with Crippen LogP contribution in [0.2, 0.25) is 0 Å². The lowest BCUT2D eigenvalue weighted by Gasteiger charge is -1.93. The van der Waals surface area contributed by atoms with Gasteiger partial charge >= 0.3 is 0 Å². The van der Waals surface area contributed by atoms with Crippen LogP contribution < -0.4 is 5.32 Å². The van der Waals surface area contributed by atoms with E-state index < -0.39 is 5.91 Å². The lowest BCUT2D eigenvalue weighted by Crippen LogP contribution is -2.17. The third-order valence-electron chi connectivity index (χ3n) is 1.82. The van der Waals surface area contributed by atoms with Crippen LogP contribution in [-0.2, 0) is 9.90 Å². The summed E-state index contributed by atoms with van der Waals surface area (Å²) in [6.07, 6.45) is 1.57. The topological polar surface area (TPSA) is 66.1 Å². The Hall–Kier alpha value is -1.75. The molecule has 1 aliphatic heterocycles. The number of hydrogen-bond acceptors (Lipinski definition) is 3. The van der Waals surface area contributed by atoms with Crippen molar-refractivity contribution in [3.05, 3.63) is 34.7 Å². The maximum Gasteiger partial charge on any atom is 0.290 e. The average molecular weight is 220 g/mol. The van der Waals surface area contributed by atoms with Gasteiger partial charge in [-0.05, 0) is 35.5 Å². The summed E-state index contributed by atoms with van der Waals surface area (Å²) in [6, 6.07) is 6.02. The molecule has 0 atom stereocenters. The molecule has 0 bridgehead atoms. The zero-order valence-corrected chi connectivity index (χ0v) is 8.34.